The van der Waals surface area contributed by atoms with E-state index >= 15 is 0 Å². The molecule has 0 aliphatic carbocycles. The average Bonchev–Trinajstić information content (AvgIpc) is 3.13. The summed E-state index contributed by atoms with van der Waals surface area (Å²) in [5.74, 6) is 1.06. The van der Waals surface area contributed by atoms with Gasteiger partial charge in [0.25, 0.3) is 0 Å². The highest BCUT2D eigenvalue weighted by molar-refractivity contribution is 5.76. The number of hydrogen-bond donors (Lipinski definition) is 4. The molecule has 294 valence electrons. The van der Waals surface area contributed by atoms with E-state index < -0.39 is 0 Å². The Hall–Kier alpha value is -3.54. The zero-order valence-electron chi connectivity index (χ0n) is 33.2. The van der Waals surface area contributed by atoms with Gasteiger partial charge in [-0.05, 0) is 102 Å². The maximum absolute atomic E-state index is 12.1. The molecule has 0 aromatic heterocycles. The molecule has 6 heteroatoms. The fraction of sp³-hybridized carbons (Fsp3) is 0.609. The molecule has 0 aliphatic heterocycles. The molecule has 0 saturated carbocycles. The summed E-state index contributed by atoms with van der Waals surface area (Å²) in [7, 11) is 0. The van der Waals surface area contributed by atoms with Gasteiger partial charge >= 0.3 is 0 Å². The number of rotatable bonds is 35. The van der Waals surface area contributed by atoms with Gasteiger partial charge in [-0.2, -0.15) is 0 Å². The molecule has 0 atom stereocenters. The Balaban J connectivity index is 3.61. The lowest BCUT2D eigenvalue weighted by Crippen LogP contribution is -2.24. The van der Waals surface area contributed by atoms with E-state index in [-0.39, 0.29) is 11.8 Å². The molecule has 0 radical (unpaired) electrons. The van der Waals surface area contributed by atoms with Gasteiger partial charge in [0.2, 0.25) is 11.8 Å². The van der Waals surface area contributed by atoms with Crippen LogP contribution in [0.3, 0.4) is 0 Å². The van der Waals surface area contributed by atoms with E-state index in [1.54, 1.807) is 0 Å². The van der Waals surface area contributed by atoms with Crippen LogP contribution in [0.15, 0.2) is 96.6 Å². The van der Waals surface area contributed by atoms with Crippen molar-refractivity contribution in [2.45, 2.75) is 168 Å². The second kappa shape index (κ2) is 40.2. The quantitative estimate of drug-likeness (QED) is 0.0297. The van der Waals surface area contributed by atoms with Crippen molar-refractivity contribution < 1.29 is 19.8 Å². The molecule has 6 nitrogen and oxygen atoms in total. The molecule has 0 aliphatic rings. The minimum absolute atomic E-state index is 0.116. The summed E-state index contributed by atoms with van der Waals surface area (Å²) in [6, 6.07) is 0. The Kier molecular flexibility index (Phi) is 37.5. The Morgan fingerprint density at radius 1 is 0.423 bits per heavy atom. The monoisotopic (exact) mass is 721 g/mol. The topological polar surface area (TPSA) is 98.7 Å². The van der Waals surface area contributed by atoms with Crippen molar-refractivity contribution in [2.75, 3.05) is 13.1 Å². The van der Waals surface area contributed by atoms with Crippen LogP contribution in [-0.2, 0) is 9.59 Å². The number of carbonyl (C=O) groups excluding carboxylic acids is 2. The Morgan fingerprint density at radius 2 is 0.788 bits per heavy atom. The lowest BCUT2D eigenvalue weighted by Gasteiger charge is -2.06. The van der Waals surface area contributed by atoms with Crippen molar-refractivity contribution in [1.29, 1.82) is 0 Å². The van der Waals surface area contributed by atoms with Crippen LogP contribution in [-0.4, -0.2) is 35.1 Å². The molecule has 0 saturated heterocycles. The van der Waals surface area contributed by atoms with Crippen LogP contribution in [0.2, 0.25) is 0 Å². The van der Waals surface area contributed by atoms with E-state index in [2.05, 4.69) is 85.2 Å². The van der Waals surface area contributed by atoms with Gasteiger partial charge in [0.05, 0.1) is 11.5 Å². The highest BCUT2D eigenvalue weighted by atomic mass is 16.3. The first-order valence-corrected chi connectivity index (χ1v) is 20.7. The van der Waals surface area contributed by atoms with Crippen LogP contribution in [0.5, 0.6) is 0 Å². The molecule has 0 aromatic rings. The van der Waals surface area contributed by atoms with Crippen molar-refractivity contribution in [3.8, 4) is 0 Å². The SMILES string of the molecule is CCCCC/C=C\C/C=C(/O)C/C=C\C/C=C\CCCC(=O)NCCCCCCNC(=O)CCC/C=C\C/C=C\C/C(O)=C\C/C=C\CCCCC. The third-order valence-electron chi connectivity index (χ3n) is 8.42. The maximum Gasteiger partial charge on any atom is 0.220 e. The molecule has 0 spiro atoms. The molecular formula is C46H76N2O4. The predicted molar refractivity (Wildman–Crippen MR) is 224 cm³/mol. The number of amides is 2. The molecule has 0 rings (SSSR count). The molecule has 0 unspecified atom stereocenters. The lowest BCUT2D eigenvalue weighted by atomic mass is 10.1. The molecule has 0 heterocycles. The van der Waals surface area contributed by atoms with Gasteiger partial charge in [-0.3, -0.25) is 9.59 Å². The molecular weight excluding hydrogens is 645 g/mol. The number of unbranched alkanes of at least 4 members (excludes halogenated alkanes) is 11. The van der Waals surface area contributed by atoms with Gasteiger partial charge in [0, 0.05) is 38.8 Å². The van der Waals surface area contributed by atoms with Gasteiger partial charge in [0.15, 0.2) is 0 Å². The van der Waals surface area contributed by atoms with Crippen molar-refractivity contribution in [1.82, 2.24) is 10.6 Å². The molecule has 0 fully saturated rings. The first-order chi connectivity index (χ1) is 25.5. The normalized spacial score (nSPS) is 13.0. The van der Waals surface area contributed by atoms with Crippen LogP contribution < -0.4 is 10.6 Å². The fourth-order valence-electron chi connectivity index (χ4n) is 5.21. The van der Waals surface area contributed by atoms with E-state index in [4.69, 9.17) is 0 Å². The number of carbonyl (C=O) groups is 2. The van der Waals surface area contributed by atoms with E-state index in [0.717, 1.165) is 89.9 Å². The number of aliphatic hydroxyl groups is 2. The van der Waals surface area contributed by atoms with Crippen LogP contribution in [0.25, 0.3) is 0 Å². The summed E-state index contributed by atoms with van der Waals surface area (Å²) in [6.45, 7) is 5.84. The van der Waals surface area contributed by atoms with Gasteiger partial charge in [-0.15, -0.1) is 0 Å². The number of nitrogens with one attached hydrogen (secondary N) is 2. The fourth-order valence-corrected chi connectivity index (χ4v) is 5.21. The first-order valence-electron chi connectivity index (χ1n) is 20.7. The number of allylic oxidation sites excluding steroid dienone is 14. The summed E-state index contributed by atoms with van der Waals surface area (Å²) in [5.41, 5.74) is 0. The van der Waals surface area contributed by atoms with Gasteiger partial charge in [0.1, 0.15) is 0 Å². The second-order valence-electron chi connectivity index (χ2n) is 13.5. The van der Waals surface area contributed by atoms with E-state index in [9.17, 15) is 19.8 Å². The number of aliphatic hydroxyl groups excluding tert-OH is 2. The Morgan fingerprint density at radius 3 is 1.19 bits per heavy atom. The van der Waals surface area contributed by atoms with Crippen molar-refractivity contribution in [2.24, 2.45) is 0 Å². The van der Waals surface area contributed by atoms with Crippen LogP contribution >= 0.6 is 0 Å². The van der Waals surface area contributed by atoms with Crippen molar-refractivity contribution >= 4 is 11.8 Å². The molecule has 52 heavy (non-hydrogen) atoms. The molecule has 0 bridgehead atoms. The summed E-state index contributed by atoms with van der Waals surface area (Å²) in [5, 5.41) is 25.9. The standard InChI is InChI=1S/C46H76N2O4/c1-3-5-7-9-13-19-27-35-43(49)37-29-21-15-11-17-23-31-39-45(51)47-41-33-25-26-34-42-48-46(52)40-32-24-18-12-16-22-30-38-44(50)36-28-20-14-10-8-6-4-2/h11-14,17-22,29-30,35-36,49-50H,3-10,15-16,23-28,31-34,37-42H2,1-2H3,(H,47,51)(H,48,52)/b17-11-,18-12-,19-13-,20-14-,29-21-,30-22-,43-35+,44-36+. The van der Waals surface area contributed by atoms with E-state index in [0.29, 0.717) is 50.3 Å². The van der Waals surface area contributed by atoms with E-state index in [1.807, 2.05) is 24.3 Å². The lowest BCUT2D eigenvalue weighted by molar-refractivity contribution is -0.122. The minimum atomic E-state index is 0.116. The minimum Gasteiger partial charge on any atom is -0.512 e. The smallest absolute Gasteiger partial charge is 0.220 e. The summed E-state index contributed by atoms with van der Waals surface area (Å²) < 4.78 is 0. The molecule has 2 amide bonds. The predicted octanol–water partition coefficient (Wildman–Crippen LogP) is 12.8. The zero-order valence-corrected chi connectivity index (χ0v) is 33.2. The summed E-state index contributed by atoms with van der Waals surface area (Å²) >= 11 is 0. The first kappa shape index (κ1) is 48.5. The molecule has 0 aromatic carbocycles. The maximum atomic E-state index is 12.1. The van der Waals surface area contributed by atoms with Gasteiger partial charge in [-0.25, -0.2) is 0 Å². The van der Waals surface area contributed by atoms with Crippen LogP contribution in [0.4, 0.5) is 0 Å². The third kappa shape index (κ3) is 39.2. The zero-order chi connectivity index (χ0) is 38.0. The Labute approximate surface area is 319 Å². The van der Waals surface area contributed by atoms with Crippen LogP contribution in [0, 0.1) is 0 Å². The number of hydrogen-bond acceptors (Lipinski definition) is 4. The van der Waals surface area contributed by atoms with Gasteiger partial charge < -0.3 is 20.8 Å². The van der Waals surface area contributed by atoms with Crippen LogP contribution in [0.1, 0.15) is 168 Å². The molecule has 4 N–H and O–H groups in total. The second-order valence-corrected chi connectivity index (χ2v) is 13.5. The highest BCUT2D eigenvalue weighted by Crippen LogP contribution is 2.07. The largest absolute Gasteiger partial charge is 0.512 e. The highest BCUT2D eigenvalue weighted by Gasteiger charge is 2.01. The summed E-state index contributed by atoms with van der Waals surface area (Å²) in [6.07, 6.45) is 51.7. The van der Waals surface area contributed by atoms with Gasteiger partial charge in [-0.1, -0.05) is 125 Å². The van der Waals surface area contributed by atoms with Crippen molar-refractivity contribution in [3.05, 3.63) is 96.6 Å². The third-order valence-corrected chi connectivity index (χ3v) is 8.42. The van der Waals surface area contributed by atoms with E-state index in [1.165, 1.54) is 38.5 Å². The summed E-state index contributed by atoms with van der Waals surface area (Å²) in [4.78, 5) is 24.1. The Bertz CT molecular complexity index is 1010. The average molecular weight is 721 g/mol. The van der Waals surface area contributed by atoms with Crippen molar-refractivity contribution in [3.63, 3.8) is 0 Å².